The maximum atomic E-state index is 14.1. The van der Waals surface area contributed by atoms with Gasteiger partial charge in [-0.25, -0.2) is 8.42 Å². The number of hydrogen-bond acceptors (Lipinski definition) is 5. The second-order valence-electron chi connectivity index (χ2n) is 9.88. The highest BCUT2D eigenvalue weighted by atomic mass is 35.5. The number of ether oxygens (including phenoxy) is 1. The molecule has 0 bridgehead atoms. The SMILES string of the molecule is CCC(C)NC(=O)C(CC)N(Cc1ccccc1Cl)C(=O)CN(c1ccc(OC)cc1)S(=O)(=O)c1ccc(C)cc1. The lowest BCUT2D eigenvalue weighted by atomic mass is 10.1. The van der Waals surface area contributed by atoms with Crippen LogP contribution in [0, 0.1) is 6.92 Å². The highest BCUT2D eigenvalue weighted by Gasteiger charge is 2.34. The monoisotopic (exact) mass is 599 g/mol. The number of amides is 2. The molecular formula is C31H38ClN3O5S. The van der Waals surface area contributed by atoms with Gasteiger partial charge in [-0.2, -0.15) is 0 Å². The first-order valence-corrected chi connectivity index (χ1v) is 15.4. The van der Waals surface area contributed by atoms with Gasteiger partial charge in [0.2, 0.25) is 11.8 Å². The first-order chi connectivity index (χ1) is 19.5. The van der Waals surface area contributed by atoms with E-state index in [1.165, 1.54) is 24.1 Å². The summed E-state index contributed by atoms with van der Waals surface area (Å²) < 4.78 is 34.2. The van der Waals surface area contributed by atoms with E-state index in [9.17, 15) is 18.0 Å². The average molecular weight is 600 g/mol. The summed E-state index contributed by atoms with van der Waals surface area (Å²) in [6.45, 7) is 7.04. The van der Waals surface area contributed by atoms with Gasteiger partial charge < -0.3 is 15.0 Å². The summed E-state index contributed by atoms with van der Waals surface area (Å²) in [5.41, 5.74) is 1.84. The standard InChI is InChI=1S/C31H38ClN3O5S/c1-6-23(4)33-31(37)29(7-2)34(20-24-10-8-9-11-28(24)32)30(36)21-35(25-14-16-26(40-5)17-15-25)41(38,39)27-18-12-22(3)13-19-27/h8-19,23,29H,6-7,20-21H2,1-5H3,(H,33,37). The van der Waals surface area contributed by atoms with Gasteiger partial charge in [0.15, 0.2) is 0 Å². The summed E-state index contributed by atoms with van der Waals surface area (Å²) in [5.74, 6) is -0.303. The number of benzene rings is 3. The van der Waals surface area contributed by atoms with Crippen LogP contribution in [0.2, 0.25) is 5.02 Å². The number of rotatable bonds is 13. The number of carbonyl (C=O) groups is 2. The van der Waals surface area contributed by atoms with Crippen LogP contribution in [0.15, 0.2) is 77.7 Å². The molecule has 0 saturated carbocycles. The van der Waals surface area contributed by atoms with Crippen molar-refractivity contribution in [2.24, 2.45) is 0 Å². The molecule has 10 heteroatoms. The van der Waals surface area contributed by atoms with Gasteiger partial charge in [0.25, 0.3) is 10.0 Å². The minimum atomic E-state index is -4.16. The zero-order valence-electron chi connectivity index (χ0n) is 24.1. The Morgan fingerprint density at radius 3 is 2.15 bits per heavy atom. The van der Waals surface area contributed by atoms with Gasteiger partial charge in [0.1, 0.15) is 18.3 Å². The molecule has 8 nitrogen and oxygen atoms in total. The molecule has 0 aliphatic heterocycles. The van der Waals surface area contributed by atoms with Crippen LogP contribution in [0.4, 0.5) is 5.69 Å². The van der Waals surface area contributed by atoms with Crippen molar-refractivity contribution >= 4 is 39.1 Å². The Morgan fingerprint density at radius 2 is 1.59 bits per heavy atom. The van der Waals surface area contributed by atoms with E-state index in [-0.39, 0.29) is 29.1 Å². The van der Waals surface area contributed by atoms with Gasteiger partial charge in [-0.1, -0.05) is 61.3 Å². The molecule has 0 heterocycles. The highest BCUT2D eigenvalue weighted by Crippen LogP contribution is 2.27. The number of methoxy groups -OCH3 is 1. The third-order valence-corrected chi connectivity index (χ3v) is 9.09. The van der Waals surface area contributed by atoms with E-state index in [0.29, 0.717) is 22.8 Å². The lowest BCUT2D eigenvalue weighted by Gasteiger charge is -2.34. The molecule has 3 aromatic carbocycles. The average Bonchev–Trinajstić information content (AvgIpc) is 2.96. The molecule has 41 heavy (non-hydrogen) atoms. The number of aryl methyl sites for hydroxylation is 1. The van der Waals surface area contributed by atoms with Crippen molar-refractivity contribution in [1.29, 1.82) is 0 Å². The van der Waals surface area contributed by atoms with E-state index in [0.717, 1.165) is 16.3 Å². The fraction of sp³-hybridized carbons (Fsp3) is 0.355. The van der Waals surface area contributed by atoms with Gasteiger partial charge in [0, 0.05) is 17.6 Å². The van der Waals surface area contributed by atoms with Crippen molar-refractivity contribution in [1.82, 2.24) is 10.2 Å². The Kier molecular flexibility index (Phi) is 11.2. The molecular weight excluding hydrogens is 562 g/mol. The number of halogens is 1. The van der Waals surface area contributed by atoms with Crippen LogP contribution in [0.3, 0.4) is 0 Å². The molecule has 0 radical (unpaired) electrons. The molecule has 0 fully saturated rings. The van der Waals surface area contributed by atoms with Crippen molar-refractivity contribution in [3.8, 4) is 5.75 Å². The summed E-state index contributed by atoms with van der Waals surface area (Å²) in [7, 11) is -2.64. The van der Waals surface area contributed by atoms with Crippen LogP contribution in [0.25, 0.3) is 0 Å². The van der Waals surface area contributed by atoms with E-state index in [1.807, 2.05) is 27.7 Å². The van der Waals surface area contributed by atoms with Crippen LogP contribution in [0.1, 0.15) is 44.7 Å². The first-order valence-electron chi connectivity index (χ1n) is 13.6. The molecule has 3 aromatic rings. The lowest BCUT2D eigenvalue weighted by Crippen LogP contribution is -2.53. The normalized spacial score (nSPS) is 12.7. The van der Waals surface area contributed by atoms with Crippen LogP contribution in [0.5, 0.6) is 5.75 Å². The maximum Gasteiger partial charge on any atom is 0.264 e. The summed E-state index contributed by atoms with van der Waals surface area (Å²) >= 11 is 6.45. The van der Waals surface area contributed by atoms with Crippen molar-refractivity contribution in [2.45, 2.75) is 64.1 Å². The van der Waals surface area contributed by atoms with Crippen LogP contribution < -0.4 is 14.4 Å². The zero-order chi connectivity index (χ0) is 30.2. The van der Waals surface area contributed by atoms with Crippen LogP contribution in [-0.4, -0.2) is 50.9 Å². The number of anilines is 1. The smallest absolute Gasteiger partial charge is 0.264 e. The minimum absolute atomic E-state index is 0.0337. The highest BCUT2D eigenvalue weighted by molar-refractivity contribution is 7.92. The maximum absolute atomic E-state index is 14.1. The molecule has 1 N–H and O–H groups in total. The molecule has 0 aliphatic carbocycles. The van der Waals surface area contributed by atoms with Crippen molar-refractivity contribution in [3.63, 3.8) is 0 Å². The molecule has 0 aliphatic rings. The third kappa shape index (κ3) is 8.01. The number of carbonyl (C=O) groups excluding carboxylic acids is 2. The summed E-state index contributed by atoms with van der Waals surface area (Å²) in [6.07, 6.45) is 1.05. The van der Waals surface area contributed by atoms with E-state index >= 15 is 0 Å². The predicted molar refractivity (Wildman–Crippen MR) is 163 cm³/mol. The van der Waals surface area contributed by atoms with Gasteiger partial charge >= 0.3 is 0 Å². The van der Waals surface area contributed by atoms with Gasteiger partial charge in [-0.3, -0.25) is 13.9 Å². The predicted octanol–water partition coefficient (Wildman–Crippen LogP) is 5.57. The van der Waals surface area contributed by atoms with E-state index in [1.54, 1.807) is 60.7 Å². The molecule has 0 spiro atoms. The number of nitrogens with zero attached hydrogens (tertiary/aromatic N) is 2. The van der Waals surface area contributed by atoms with Gasteiger partial charge in [-0.15, -0.1) is 0 Å². The van der Waals surface area contributed by atoms with Crippen molar-refractivity contribution in [2.75, 3.05) is 18.0 Å². The Hall–Kier alpha value is -3.56. The minimum Gasteiger partial charge on any atom is -0.497 e. The molecule has 2 unspecified atom stereocenters. The van der Waals surface area contributed by atoms with Crippen molar-refractivity contribution in [3.05, 3.63) is 88.9 Å². The largest absolute Gasteiger partial charge is 0.497 e. The lowest BCUT2D eigenvalue weighted by molar-refractivity contribution is -0.140. The first kappa shape index (κ1) is 32.0. The second kappa shape index (κ2) is 14.4. The number of sulfonamides is 1. The van der Waals surface area contributed by atoms with E-state index in [4.69, 9.17) is 16.3 Å². The topological polar surface area (TPSA) is 96.0 Å². The Labute approximate surface area is 248 Å². The second-order valence-corrected chi connectivity index (χ2v) is 12.1. The molecule has 0 saturated heterocycles. The van der Waals surface area contributed by atoms with Gasteiger partial charge in [0.05, 0.1) is 17.7 Å². The molecule has 3 rings (SSSR count). The Bertz CT molecular complexity index is 1430. The Morgan fingerprint density at radius 1 is 0.951 bits per heavy atom. The summed E-state index contributed by atoms with van der Waals surface area (Å²) in [6, 6.07) is 19.0. The van der Waals surface area contributed by atoms with E-state index < -0.39 is 28.5 Å². The molecule has 2 atom stereocenters. The quantitative estimate of drug-likeness (QED) is 0.277. The number of nitrogens with one attached hydrogen (secondary N) is 1. The fourth-order valence-electron chi connectivity index (χ4n) is 4.29. The fourth-order valence-corrected chi connectivity index (χ4v) is 5.90. The molecule has 220 valence electrons. The molecule has 0 aromatic heterocycles. The van der Waals surface area contributed by atoms with Crippen LogP contribution >= 0.6 is 11.6 Å². The van der Waals surface area contributed by atoms with Gasteiger partial charge in [-0.05, 0) is 74.7 Å². The third-order valence-electron chi connectivity index (χ3n) is 6.93. The Balaban J connectivity index is 2.07. The van der Waals surface area contributed by atoms with E-state index in [2.05, 4.69) is 5.32 Å². The zero-order valence-corrected chi connectivity index (χ0v) is 25.7. The summed E-state index contributed by atoms with van der Waals surface area (Å²) in [5, 5.41) is 3.41. The number of hydrogen-bond donors (Lipinski definition) is 1. The molecule has 2 amide bonds. The van der Waals surface area contributed by atoms with Crippen molar-refractivity contribution < 1.29 is 22.7 Å². The van der Waals surface area contributed by atoms with Crippen LogP contribution in [-0.2, 0) is 26.2 Å². The summed E-state index contributed by atoms with van der Waals surface area (Å²) in [4.78, 5) is 29.0.